The Balaban J connectivity index is 2.06. The summed E-state index contributed by atoms with van der Waals surface area (Å²) in [4.78, 5) is 0.835. The fraction of sp³-hybridized carbons (Fsp3) is 0.200. The molecule has 0 bridgehead atoms. The van der Waals surface area contributed by atoms with E-state index in [1.165, 1.54) is 5.56 Å². The van der Waals surface area contributed by atoms with E-state index in [0.29, 0.717) is 5.75 Å². The summed E-state index contributed by atoms with van der Waals surface area (Å²) >= 11 is 6.29. The van der Waals surface area contributed by atoms with E-state index in [4.69, 9.17) is 11.6 Å². The lowest BCUT2D eigenvalue weighted by atomic mass is 10.2. The van der Waals surface area contributed by atoms with Crippen LogP contribution in [0.5, 0.6) is 0 Å². The van der Waals surface area contributed by atoms with Gasteiger partial charge >= 0.3 is 0 Å². The van der Waals surface area contributed by atoms with Crippen LogP contribution < -0.4 is 0 Å². The van der Waals surface area contributed by atoms with Crippen molar-refractivity contribution in [2.24, 2.45) is 0 Å². The summed E-state index contributed by atoms with van der Waals surface area (Å²) in [7, 11) is -1.05. The zero-order valence-corrected chi connectivity index (χ0v) is 11.7. The van der Waals surface area contributed by atoms with E-state index in [1.54, 1.807) is 0 Å². The summed E-state index contributed by atoms with van der Waals surface area (Å²) in [6.45, 7) is 2.01. The molecule has 0 aliphatic heterocycles. The van der Waals surface area contributed by atoms with Crippen molar-refractivity contribution in [1.29, 1.82) is 0 Å². The molecule has 3 heteroatoms. The van der Waals surface area contributed by atoms with Crippen molar-refractivity contribution in [3.05, 3.63) is 65.7 Å². The first-order valence-electron chi connectivity index (χ1n) is 5.81. The van der Waals surface area contributed by atoms with Crippen LogP contribution >= 0.6 is 11.6 Å². The highest BCUT2D eigenvalue weighted by molar-refractivity contribution is 7.85. The highest BCUT2D eigenvalue weighted by Crippen LogP contribution is 2.23. The number of hydrogen-bond acceptors (Lipinski definition) is 1. The summed E-state index contributed by atoms with van der Waals surface area (Å²) in [5.74, 6) is 0.439. The normalized spacial score (nSPS) is 14.1. The van der Waals surface area contributed by atoms with E-state index in [1.807, 2.05) is 61.5 Å². The molecule has 0 aliphatic rings. The van der Waals surface area contributed by atoms with Crippen LogP contribution in [0.4, 0.5) is 0 Å². The Morgan fingerprint density at radius 2 is 1.67 bits per heavy atom. The third kappa shape index (κ3) is 3.44. The Bertz CT molecular complexity index is 522. The van der Waals surface area contributed by atoms with Crippen LogP contribution in [0.15, 0.2) is 59.5 Å². The van der Waals surface area contributed by atoms with Crippen molar-refractivity contribution in [3.63, 3.8) is 0 Å². The number of rotatable bonds is 4. The summed E-state index contributed by atoms with van der Waals surface area (Å²) in [6, 6.07) is 17.5. The zero-order valence-electron chi connectivity index (χ0n) is 10.2. The highest BCUT2D eigenvalue weighted by atomic mass is 35.5. The van der Waals surface area contributed by atoms with Crippen molar-refractivity contribution >= 4 is 22.4 Å². The first-order chi connectivity index (χ1) is 8.66. The molecular weight excluding hydrogens is 264 g/mol. The predicted octanol–water partition coefficient (Wildman–Crippen LogP) is 4.08. The van der Waals surface area contributed by atoms with Crippen LogP contribution in [-0.2, 0) is 10.8 Å². The first kappa shape index (κ1) is 13.3. The summed E-state index contributed by atoms with van der Waals surface area (Å²) in [5, 5.41) is -0.215. The van der Waals surface area contributed by atoms with Crippen LogP contribution in [0.3, 0.4) is 0 Å². The van der Waals surface area contributed by atoms with Crippen molar-refractivity contribution in [3.8, 4) is 0 Å². The monoisotopic (exact) mass is 278 g/mol. The van der Waals surface area contributed by atoms with Gasteiger partial charge in [0.05, 0.1) is 16.2 Å². The standard InChI is InChI=1S/C15H15ClOS/c1-12-7-9-14(10-8-12)18(17)11-15(16)13-5-3-2-4-6-13/h2-10,15H,11H2,1H3/t15-,18-/m0/s1. The number of benzene rings is 2. The van der Waals surface area contributed by atoms with Crippen LogP contribution in [0, 0.1) is 6.92 Å². The second-order valence-electron chi connectivity index (χ2n) is 4.20. The van der Waals surface area contributed by atoms with Crippen molar-refractivity contribution in [2.45, 2.75) is 17.2 Å². The van der Waals surface area contributed by atoms with E-state index in [9.17, 15) is 4.21 Å². The van der Waals surface area contributed by atoms with Gasteiger partial charge in [-0.25, -0.2) is 0 Å². The molecule has 2 aromatic rings. The van der Waals surface area contributed by atoms with Crippen LogP contribution in [0.2, 0.25) is 0 Å². The van der Waals surface area contributed by atoms with Gasteiger partial charge in [-0.05, 0) is 24.6 Å². The summed E-state index contributed by atoms with van der Waals surface area (Å²) in [5.41, 5.74) is 2.18. The van der Waals surface area contributed by atoms with Gasteiger partial charge in [-0.15, -0.1) is 11.6 Å². The van der Waals surface area contributed by atoms with Gasteiger partial charge in [0.15, 0.2) is 0 Å². The lowest BCUT2D eigenvalue weighted by molar-refractivity contribution is 0.682. The van der Waals surface area contributed by atoms with Gasteiger partial charge in [0.25, 0.3) is 0 Å². The van der Waals surface area contributed by atoms with E-state index >= 15 is 0 Å². The molecule has 2 aromatic carbocycles. The fourth-order valence-corrected chi connectivity index (χ4v) is 3.26. The number of alkyl halides is 1. The Hall–Kier alpha value is -1.12. The van der Waals surface area contributed by atoms with Crippen molar-refractivity contribution < 1.29 is 4.21 Å². The fourth-order valence-electron chi connectivity index (χ4n) is 1.68. The molecule has 0 aliphatic carbocycles. The SMILES string of the molecule is Cc1ccc([S@@](=O)C[C@H](Cl)c2ccccc2)cc1. The van der Waals surface area contributed by atoms with Gasteiger partial charge in [0, 0.05) is 10.6 Å². The van der Waals surface area contributed by atoms with E-state index in [-0.39, 0.29) is 5.38 Å². The minimum atomic E-state index is -1.05. The minimum absolute atomic E-state index is 0.215. The second-order valence-corrected chi connectivity index (χ2v) is 6.23. The Morgan fingerprint density at radius 1 is 1.06 bits per heavy atom. The molecule has 2 rings (SSSR count). The largest absolute Gasteiger partial charge is 0.254 e. The summed E-state index contributed by atoms with van der Waals surface area (Å²) < 4.78 is 12.2. The number of aryl methyl sites for hydroxylation is 1. The topological polar surface area (TPSA) is 17.1 Å². The third-order valence-corrected chi connectivity index (χ3v) is 4.77. The first-order valence-corrected chi connectivity index (χ1v) is 7.56. The van der Waals surface area contributed by atoms with Crippen LogP contribution in [-0.4, -0.2) is 9.96 Å². The predicted molar refractivity (Wildman–Crippen MR) is 77.5 cm³/mol. The Labute approximate surface area is 115 Å². The molecule has 18 heavy (non-hydrogen) atoms. The van der Waals surface area contributed by atoms with Crippen molar-refractivity contribution in [1.82, 2.24) is 0 Å². The summed E-state index contributed by atoms with van der Waals surface area (Å²) in [6.07, 6.45) is 0. The molecule has 0 fully saturated rings. The smallest absolute Gasteiger partial charge is 0.0704 e. The molecule has 0 spiro atoms. The molecule has 0 aromatic heterocycles. The number of hydrogen-bond donors (Lipinski definition) is 0. The molecular formula is C15H15ClOS. The minimum Gasteiger partial charge on any atom is -0.254 e. The molecule has 0 amide bonds. The Morgan fingerprint density at radius 3 is 2.28 bits per heavy atom. The second kappa shape index (κ2) is 6.17. The van der Waals surface area contributed by atoms with Crippen LogP contribution in [0.25, 0.3) is 0 Å². The van der Waals surface area contributed by atoms with E-state index < -0.39 is 10.8 Å². The molecule has 2 atom stereocenters. The molecule has 0 N–H and O–H groups in total. The van der Waals surface area contributed by atoms with Gasteiger partial charge < -0.3 is 0 Å². The maximum absolute atomic E-state index is 12.2. The average molecular weight is 279 g/mol. The Kier molecular flexibility index (Phi) is 4.56. The molecule has 1 nitrogen and oxygen atoms in total. The molecule has 0 saturated heterocycles. The lowest BCUT2D eigenvalue weighted by Gasteiger charge is -2.09. The quantitative estimate of drug-likeness (QED) is 0.770. The van der Waals surface area contributed by atoms with Gasteiger partial charge in [-0.2, -0.15) is 0 Å². The van der Waals surface area contributed by atoms with Gasteiger partial charge in [-0.1, -0.05) is 48.0 Å². The molecule has 0 unspecified atom stereocenters. The average Bonchev–Trinajstić information content (AvgIpc) is 2.40. The molecule has 94 valence electrons. The van der Waals surface area contributed by atoms with Gasteiger partial charge in [0.1, 0.15) is 0 Å². The van der Waals surface area contributed by atoms with Crippen LogP contribution in [0.1, 0.15) is 16.5 Å². The third-order valence-electron chi connectivity index (χ3n) is 2.74. The number of halogens is 1. The molecule has 0 heterocycles. The maximum Gasteiger partial charge on any atom is 0.0704 e. The maximum atomic E-state index is 12.2. The lowest BCUT2D eigenvalue weighted by Crippen LogP contribution is -2.04. The van der Waals surface area contributed by atoms with E-state index in [0.717, 1.165) is 10.5 Å². The van der Waals surface area contributed by atoms with E-state index in [2.05, 4.69) is 0 Å². The van der Waals surface area contributed by atoms with Crippen molar-refractivity contribution in [2.75, 3.05) is 5.75 Å². The zero-order chi connectivity index (χ0) is 13.0. The molecule has 0 saturated carbocycles. The highest BCUT2D eigenvalue weighted by Gasteiger charge is 2.13. The molecule has 0 radical (unpaired) electrons. The van der Waals surface area contributed by atoms with Gasteiger partial charge in [0.2, 0.25) is 0 Å². The van der Waals surface area contributed by atoms with Gasteiger partial charge in [-0.3, -0.25) is 4.21 Å².